The molecule has 1 aromatic rings. The lowest BCUT2D eigenvalue weighted by molar-refractivity contribution is -0.143. The summed E-state index contributed by atoms with van der Waals surface area (Å²) in [6.45, 7) is 2.04. The van der Waals surface area contributed by atoms with Crippen LogP contribution in [0.1, 0.15) is 4.88 Å². The Balaban J connectivity index is 1.99. The van der Waals surface area contributed by atoms with E-state index in [1.54, 1.807) is 11.1 Å². The minimum absolute atomic E-state index is 0.0308. The highest BCUT2D eigenvalue weighted by Gasteiger charge is 2.19. The van der Waals surface area contributed by atoms with E-state index < -0.39 is 0 Å². The summed E-state index contributed by atoms with van der Waals surface area (Å²) in [7, 11) is 0. The zero-order chi connectivity index (χ0) is 9.97. The number of anilines is 1. The van der Waals surface area contributed by atoms with Crippen LogP contribution in [0, 0.1) is 0 Å². The largest absolute Gasteiger partial charge is 0.375 e. The fourth-order valence-electron chi connectivity index (χ4n) is 1.30. The number of nitrogens with zero attached hydrogens (tertiary/aromatic N) is 2. The highest BCUT2D eigenvalue weighted by molar-refractivity contribution is 7.15. The Hall–Kier alpha value is -1.14. The van der Waals surface area contributed by atoms with Gasteiger partial charge in [0.2, 0.25) is 5.91 Å². The topological polar surface area (TPSA) is 68.4 Å². The summed E-state index contributed by atoms with van der Waals surface area (Å²) in [5, 5.41) is 0.542. The fourth-order valence-corrected chi connectivity index (χ4v) is 2.00. The van der Waals surface area contributed by atoms with Gasteiger partial charge in [0.15, 0.2) is 5.13 Å². The van der Waals surface area contributed by atoms with Crippen molar-refractivity contribution in [3.8, 4) is 0 Å². The second-order valence-corrected chi connectivity index (χ2v) is 4.18. The summed E-state index contributed by atoms with van der Waals surface area (Å²) in [4.78, 5) is 18.1. The van der Waals surface area contributed by atoms with E-state index >= 15 is 0 Å². The summed E-state index contributed by atoms with van der Waals surface area (Å²) < 4.78 is 5.03. The summed E-state index contributed by atoms with van der Waals surface area (Å²) in [5.74, 6) is 0.0308. The number of aromatic nitrogens is 1. The van der Waals surface area contributed by atoms with Gasteiger partial charge >= 0.3 is 0 Å². The summed E-state index contributed by atoms with van der Waals surface area (Å²) in [6.07, 6.45) is 1.71. The number of rotatable bonds is 2. The van der Waals surface area contributed by atoms with Crippen LogP contribution in [0.5, 0.6) is 0 Å². The van der Waals surface area contributed by atoms with Crippen LogP contribution < -0.4 is 5.73 Å². The molecule has 2 rings (SSSR count). The fraction of sp³-hybridized carbons (Fsp3) is 0.500. The van der Waals surface area contributed by atoms with Crippen molar-refractivity contribution in [2.45, 2.75) is 6.54 Å². The molecule has 0 radical (unpaired) electrons. The molecule has 0 aliphatic carbocycles. The van der Waals surface area contributed by atoms with Crippen LogP contribution in [0.15, 0.2) is 6.20 Å². The van der Waals surface area contributed by atoms with E-state index in [1.807, 2.05) is 0 Å². The van der Waals surface area contributed by atoms with Crippen LogP contribution in [-0.2, 0) is 16.1 Å². The van der Waals surface area contributed by atoms with E-state index in [-0.39, 0.29) is 12.5 Å². The summed E-state index contributed by atoms with van der Waals surface area (Å²) >= 11 is 1.42. The first kappa shape index (κ1) is 9.42. The Kier molecular flexibility index (Phi) is 2.64. The number of hydrogen-bond acceptors (Lipinski definition) is 5. The molecule has 2 heterocycles. The van der Waals surface area contributed by atoms with E-state index in [0.717, 1.165) is 4.88 Å². The Morgan fingerprint density at radius 1 is 1.71 bits per heavy atom. The maximum absolute atomic E-state index is 11.4. The predicted octanol–water partition coefficient (Wildman–Crippen LogP) is 0.0841. The van der Waals surface area contributed by atoms with E-state index in [9.17, 15) is 4.79 Å². The normalized spacial score (nSPS) is 17.4. The second-order valence-electron chi connectivity index (χ2n) is 3.03. The Morgan fingerprint density at radius 2 is 2.57 bits per heavy atom. The van der Waals surface area contributed by atoms with Gasteiger partial charge in [-0.1, -0.05) is 0 Å². The van der Waals surface area contributed by atoms with Crippen molar-refractivity contribution in [3.05, 3.63) is 11.1 Å². The van der Waals surface area contributed by atoms with Crippen LogP contribution >= 0.6 is 11.3 Å². The molecular formula is C8H11N3O2S. The lowest BCUT2D eigenvalue weighted by atomic mass is 10.4. The number of nitrogens with two attached hydrogens (primary N) is 1. The van der Waals surface area contributed by atoms with Crippen LogP contribution in [0.2, 0.25) is 0 Å². The summed E-state index contributed by atoms with van der Waals surface area (Å²) in [6, 6.07) is 0. The van der Waals surface area contributed by atoms with Crippen molar-refractivity contribution >= 4 is 22.4 Å². The molecule has 0 saturated carbocycles. The van der Waals surface area contributed by atoms with Crippen molar-refractivity contribution in [1.29, 1.82) is 0 Å². The molecule has 0 aromatic carbocycles. The van der Waals surface area contributed by atoms with Gasteiger partial charge < -0.3 is 15.4 Å². The first-order valence-electron chi connectivity index (χ1n) is 4.31. The van der Waals surface area contributed by atoms with Gasteiger partial charge in [-0.25, -0.2) is 4.98 Å². The molecule has 0 atom stereocenters. The molecule has 0 unspecified atom stereocenters. The van der Waals surface area contributed by atoms with Crippen LogP contribution in [-0.4, -0.2) is 35.5 Å². The molecular weight excluding hydrogens is 202 g/mol. The Bertz CT molecular complexity index is 339. The molecule has 0 bridgehead atoms. The van der Waals surface area contributed by atoms with Gasteiger partial charge in [0.05, 0.1) is 13.2 Å². The van der Waals surface area contributed by atoms with Crippen LogP contribution in [0.3, 0.4) is 0 Å². The van der Waals surface area contributed by atoms with Crippen molar-refractivity contribution in [3.63, 3.8) is 0 Å². The number of thiazole rings is 1. The standard InChI is InChI=1S/C8H11N3O2S/c9-8-10-3-6(14-8)4-11-1-2-13-5-7(11)12/h3H,1-2,4-5H2,(H2,9,10). The van der Waals surface area contributed by atoms with Gasteiger partial charge in [-0.2, -0.15) is 0 Å². The third-order valence-electron chi connectivity index (χ3n) is 2.00. The van der Waals surface area contributed by atoms with Gasteiger partial charge in [0.25, 0.3) is 0 Å². The molecule has 5 nitrogen and oxygen atoms in total. The lowest BCUT2D eigenvalue weighted by Gasteiger charge is -2.25. The van der Waals surface area contributed by atoms with Crippen molar-refractivity contribution < 1.29 is 9.53 Å². The molecule has 14 heavy (non-hydrogen) atoms. The average molecular weight is 213 g/mol. The number of morpholine rings is 1. The number of carbonyl (C=O) groups is 1. The minimum Gasteiger partial charge on any atom is -0.375 e. The smallest absolute Gasteiger partial charge is 0.248 e. The monoisotopic (exact) mass is 213 g/mol. The Labute approximate surface area is 85.5 Å². The van der Waals surface area contributed by atoms with Crippen molar-refractivity contribution in [1.82, 2.24) is 9.88 Å². The van der Waals surface area contributed by atoms with E-state index in [2.05, 4.69) is 4.98 Å². The van der Waals surface area contributed by atoms with Crippen LogP contribution in [0.4, 0.5) is 5.13 Å². The van der Waals surface area contributed by atoms with Crippen LogP contribution in [0.25, 0.3) is 0 Å². The van der Waals surface area contributed by atoms with Crippen molar-refractivity contribution in [2.24, 2.45) is 0 Å². The number of ether oxygens (including phenoxy) is 1. The maximum atomic E-state index is 11.4. The second kappa shape index (κ2) is 3.93. The highest BCUT2D eigenvalue weighted by Crippen LogP contribution is 2.17. The lowest BCUT2D eigenvalue weighted by Crippen LogP contribution is -2.40. The highest BCUT2D eigenvalue weighted by atomic mass is 32.1. The van der Waals surface area contributed by atoms with Gasteiger partial charge in [-0.15, -0.1) is 11.3 Å². The van der Waals surface area contributed by atoms with Gasteiger partial charge in [0.1, 0.15) is 6.61 Å². The third-order valence-corrected chi connectivity index (χ3v) is 2.81. The molecule has 1 amide bonds. The molecule has 2 N–H and O–H groups in total. The first-order valence-corrected chi connectivity index (χ1v) is 5.13. The van der Waals surface area contributed by atoms with Gasteiger partial charge in [-0.05, 0) is 0 Å². The van der Waals surface area contributed by atoms with E-state index in [1.165, 1.54) is 11.3 Å². The average Bonchev–Trinajstić information content (AvgIpc) is 2.56. The number of carbonyl (C=O) groups excluding carboxylic acids is 1. The molecule has 76 valence electrons. The molecule has 1 saturated heterocycles. The first-order chi connectivity index (χ1) is 6.75. The molecule has 1 aliphatic rings. The van der Waals surface area contributed by atoms with E-state index in [4.69, 9.17) is 10.5 Å². The molecule has 6 heteroatoms. The van der Waals surface area contributed by atoms with Gasteiger partial charge in [-0.3, -0.25) is 4.79 Å². The van der Waals surface area contributed by atoms with E-state index in [0.29, 0.717) is 24.8 Å². The quantitative estimate of drug-likeness (QED) is 0.755. The summed E-state index contributed by atoms with van der Waals surface area (Å²) in [5.41, 5.74) is 5.50. The number of hydrogen-bond donors (Lipinski definition) is 1. The SMILES string of the molecule is Nc1ncc(CN2CCOCC2=O)s1. The third kappa shape index (κ3) is 2.02. The molecule has 0 spiro atoms. The molecule has 1 aliphatic heterocycles. The van der Waals surface area contributed by atoms with Gasteiger partial charge in [0, 0.05) is 17.6 Å². The Morgan fingerprint density at radius 3 is 3.21 bits per heavy atom. The number of nitrogen functional groups attached to an aromatic ring is 1. The predicted molar refractivity (Wildman–Crippen MR) is 52.8 cm³/mol. The molecule has 1 aromatic heterocycles. The van der Waals surface area contributed by atoms with Crippen molar-refractivity contribution in [2.75, 3.05) is 25.5 Å². The maximum Gasteiger partial charge on any atom is 0.248 e. The zero-order valence-electron chi connectivity index (χ0n) is 7.60. The minimum atomic E-state index is 0.0308. The zero-order valence-corrected chi connectivity index (χ0v) is 8.42. The molecule has 1 fully saturated rings. The number of amides is 1.